The van der Waals surface area contributed by atoms with E-state index in [-0.39, 0.29) is 6.04 Å². The molecule has 2 aromatic rings. The lowest BCUT2D eigenvalue weighted by Gasteiger charge is -2.23. The van der Waals surface area contributed by atoms with Crippen LogP contribution in [0.4, 0.5) is 0 Å². The van der Waals surface area contributed by atoms with Crippen LogP contribution in [0.3, 0.4) is 0 Å². The third-order valence-corrected chi connectivity index (χ3v) is 7.50. The average Bonchev–Trinajstić information content (AvgIpc) is 3.08. The number of thiophene rings is 1. The third kappa shape index (κ3) is 2.57. The van der Waals surface area contributed by atoms with E-state index in [4.69, 9.17) is 0 Å². The van der Waals surface area contributed by atoms with Gasteiger partial charge in [-0.3, -0.25) is 0 Å². The maximum atomic E-state index is 12.7. The van der Waals surface area contributed by atoms with E-state index >= 15 is 0 Å². The van der Waals surface area contributed by atoms with Gasteiger partial charge in [-0.2, -0.15) is 4.31 Å². The summed E-state index contributed by atoms with van der Waals surface area (Å²) in [5, 5.41) is 0. The van der Waals surface area contributed by atoms with E-state index in [1.54, 1.807) is 16.4 Å². The summed E-state index contributed by atoms with van der Waals surface area (Å²) in [5.41, 5.74) is 1.07. The van der Waals surface area contributed by atoms with E-state index in [0.29, 0.717) is 10.8 Å². The topological polar surface area (TPSA) is 37.4 Å². The van der Waals surface area contributed by atoms with Crippen molar-refractivity contribution in [2.24, 2.45) is 0 Å². The maximum Gasteiger partial charge on any atom is 0.253 e. The highest BCUT2D eigenvalue weighted by Gasteiger charge is 2.36. The highest BCUT2D eigenvalue weighted by molar-refractivity contribution is 9.11. The minimum absolute atomic E-state index is 0.0397. The van der Waals surface area contributed by atoms with Crippen LogP contribution in [0.1, 0.15) is 24.4 Å². The molecule has 106 valence electrons. The Morgan fingerprint density at radius 2 is 1.90 bits per heavy atom. The molecule has 1 unspecified atom stereocenters. The number of halogens is 1. The molecule has 3 nitrogen and oxygen atoms in total. The third-order valence-electron chi connectivity index (χ3n) is 3.50. The Bertz CT molecular complexity index is 697. The quantitative estimate of drug-likeness (QED) is 0.816. The van der Waals surface area contributed by atoms with Crippen molar-refractivity contribution in [1.82, 2.24) is 4.31 Å². The summed E-state index contributed by atoms with van der Waals surface area (Å²) in [7, 11) is -3.39. The second-order valence-electron chi connectivity index (χ2n) is 4.74. The highest BCUT2D eigenvalue weighted by atomic mass is 79.9. The standard InChI is InChI=1S/C14H14BrNO2S2/c15-13-8-9-14(19-13)20(17,18)16-10-4-7-12(16)11-5-2-1-3-6-11/h1-3,5-6,8-9,12H,4,7,10H2. The summed E-state index contributed by atoms with van der Waals surface area (Å²) in [5.74, 6) is 0. The summed E-state index contributed by atoms with van der Waals surface area (Å²) in [4.78, 5) is 0. The minimum atomic E-state index is -3.39. The second kappa shape index (κ2) is 5.60. The van der Waals surface area contributed by atoms with Crippen LogP contribution in [-0.2, 0) is 10.0 Å². The first-order valence-electron chi connectivity index (χ1n) is 6.41. The number of hydrogen-bond acceptors (Lipinski definition) is 3. The van der Waals surface area contributed by atoms with Gasteiger partial charge in [0.25, 0.3) is 10.0 Å². The smallest absolute Gasteiger partial charge is 0.206 e. The number of sulfonamides is 1. The monoisotopic (exact) mass is 371 g/mol. The molecule has 1 aromatic carbocycles. The fourth-order valence-electron chi connectivity index (χ4n) is 2.59. The van der Waals surface area contributed by atoms with Gasteiger partial charge in [0.1, 0.15) is 4.21 Å². The van der Waals surface area contributed by atoms with Crippen LogP contribution in [0.15, 0.2) is 50.5 Å². The lowest BCUT2D eigenvalue weighted by Crippen LogP contribution is -2.30. The zero-order valence-electron chi connectivity index (χ0n) is 10.7. The largest absolute Gasteiger partial charge is 0.253 e. The van der Waals surface area contributed by atoms with Crippen LogP contribution in [0.5, 0.6) is 0 Å². The van der Waals surface area contributed by atoms with Gasteiger partial charge in [0, 0.05) is 6.54 Å². The van der Waals surface area contributed by atoms with Crippen molar-refractivity contribution in [1.29, 1.82) is 0 Å². The lowest BCUT2D eigenvalue weighted by atomic mass is 10.1. The molecule has 2 heterocycles. The SMILES string of the molecule is O=S(=O)(c1ccc(Br)s1)N1CCCC1c1ccccc1. The normalized spacial score (nSPS) is 20.4. The van der Waals surface area contributed by atoms with Crippen LogP contribution in [0.2, 0.25) is 0 Å². The molecule has 0 aliphatic carbocycles. The van der Waals surface area contributed by atoms with Crippen molar-refractivity contribution in [2.45, 2.75) is 23.1 Å². The number of nitrogens with zero attached hydrogens (tertiary/aromatic N) is 1. The number of rotatable bonds is 3. The van der Waals surface area contributed by atoms with Crippen molar-refractivity contribution in [3.8, 4) is 0 Å². The Labute approximate surface area is 131 Å². The fourth-order valence-corrected chi connectivity index (χ4v) is 6.41. The second-order valence-corrected chi connectivity index (χ2v) is 9.32. The summed E-state index contributed by atoms with van der Waals surface area (Å²) in [6.07, 6.45) is 1.79. The average molecular weight is 372 g/mol. The molecule has 20 heavy (non-hydrogen) atoms. The van der Waals surface area contributed by atoms with Crippen LogP contribution >= 0.6 is 27.3 Å². The summed E-state index contributed by atoms with van der Waals surface area (Å²) in [6.45, 7) is 0.595. The van der Waals surface area contributed by atoms with Crippen molar-refractivity contribution < 1.29 is 8.42 Å². The molecule has 1 aliphatic heterocycles. The Hall–Kier alpha value is -0.690. The molecule has 1 aromatic heterocycles. The van der Waals surface area contributed by atoms with Crippen LogP contribution in [0, 0.1) is 0 Å². The van der Waals surface area contributed by atoms with Gasteiger partial charge >= 0.3 is 0 Å². The van der Waals surface area contributed by atoms with Crippen molar-refractivity contribution >= 4 is 37.3 Å². The molecule has 0 amide bonds. The molecular formula is C14H14BrNO2S2. The van der Waals surface area contributed by atoms with Gasteiger partial charge in [0.2, 0.25) is 0 Å². The van der Waals surface area contributed by atoms with Crippen LogP contribution in [0.25, 0.3) is 0 Å². The molecule has 6 heteroatoms. The zero-order valence-corrected chi connectivity index (χ0v) is 13.9. The van der Waals surface area contributed by atoms with Crippen LogP contribution < -0.4 is 0 Å². The maximum absolute atomic E-state index is 12.7. The van der Waals surface area contributed by atoms with E-state index < -0.39 is 10.0 Å². The van der Waals surface area contributed by atoms with Gasteiger partial charge < -0.3 is 0 Å². The molecule has 1 fully saturated rings. The van der Waals surface area contributed by atoms with Crippen molar-refractivity contribution in [3.05, 3.63) is 51.8 Å². The minimum Gasteiger partial charge on any atom is -0.206 e. The lowest BCUT2D eigenvalue weighted by molar-refractivity contribution is 0.398. The molecular weight excluding hydrogens is 358 g/mol. The molecule has 0 saturated carbocycles. The molecule has 0 N–H and O–H groups in total. The first kappa shape index (κ1) is 14.3. The first-order chi connectivity index (χ1) is 9.59. The van der Waals surface area contributed by atoms with E-state index in [9.17, 15) is 8.42 Å². The predicted octanol–water partition coefficient (Wildman–Crippen LogP) is 4.04. The van der Waals surface area contributed by atoms with Gasteiger partial charge in [0.15, 0.2) is 0 Å². The van der Waals surface area contributed by atoms with Gasteiger partial charge in [-0.1, -0.05) is 30.3 Å². The number of benzene rings is 1. The molecule has 0 bridgehead atoms. The summed E-state index contributed by atoms with van der Waals surface area (Å²) in [6, 6.07) is 13.3. The van der Waals surface area contributed by atoms with E-state index in [0.717, 1.165) is 22.2 Å². The zero-order chi connectivity index (χ0) is 14.2. The van der Waals surface area contributed by atoms with Crippen molar-refractivity contribution in [2.75, 3.05) is 6.54 Å². The van der Waals surface area contributed by atoms with E-state index in [1.165, 1.54) is 11.3 Å². The summed E-state index contributed by atoms with van der Waals surface area (Å²) >= 11 is 4.59. The van der Waals surface area contributed by atoms with Gasteiger partial charge in [-0.25, -0.2) is 8.42 Å². The highest BCUT2D eigenvalue weighted by Crippen LogP contribution is 2.38. The van der Waals surface area contributed by atoms with Crippen molar-refractivity contribution in [3.63, 3.8) is 0 Å². The molecule has 1 saturated heterocycles. The summed E-state index contributed by atoms with van der Waals surface area (Å²) < 4.78 is 28.4. The Morgan fingerprint density at radius 3 is 2.55 bits per heavy atom. The Balaban J connectivity index is 1.97. The van der Waals surface area contributed by atoms with Gasteiger partial charge in [-0.15, -0.1) is 11.3 Å². The number of hydrogen-bond donors (Lipinski definition) is 0. The van der Waals surface area contributed by atoms with Gasteiger partial charge in [-0.05, 0) is 46.5 Å². The van der Waals surface area contributed by atoms with E-state index in [2.05, 4.69) is 15.9 Å². The fraction of sp³-hybridized carbons (Fsp3) is 0.286. The molecule has 1 aliphatic rings. The Kier molecular flexibility index (Phi) is 3.99. The van der Waals surface area contributed by atoms with E-state index in [1.807, 2.05) is 30.3 Å². The van der Waals surface area contributed by atoms with Crippen LogP contribution in [-0.4, -0.2) is 19.3 Å². The molecule has 3 rings (SSSR count). The van der Waals surface area contributed by atoms with Gasteiger partial charge in [0.05, 0.1) is 9.83 Å². The molecule has 0 radical (unpaired) electrons. The molecule has 1 atom stereocenters. The first-order valence-corrected chi connectivity index (χ1v) is 9.46. The Morgan fingerprint density at radius 1 is 1.15 bits per heavy atom. The molecule has 0 spiro atoms. The predicted molar refractivity (Wildman–Crippen MR) is 84.3 cm³/mol.